The predicted molar refractivity (Wildman–Crippen MR) is 92.6 cm³/mol. The molecule has 24 heavy (non-hydrogen) atoms. The summed E-state index contributed by atoms with van der Waals surface area (Å²) in [5.41, 5.74) is 1.55. The smallest absolute Gasteiger partial charge is 0.242 e. The van der Waals surface area contributed by atoms with Crippen molar-refractivity contribution < 1.29 is 17.9 Å². The number of benzene rings is 2. The molecule has 2 N–H and O–H groups in total. The van der Waals surface area contributed by atoms with E-state index in [-0.39, 0.29) is 4.90 Å². The second-order valence-corrected chi connectivity index (χ2v) is 7.04. The van der Waals surface area contributed by atoms with Crippen molar-refractivity contribution in [3.63, 3.8) is 0 Å². The van der Waals surface area contributed by atoms with E-state index in [9.17, 15) is 13.2 Å². The van der Waals surface area contributed by atoms with Gasteiger partial charge in [-0.2, -0.15) is 4.72 Å². The van der Waals surface area contributed by atoms with Gasteiger partial charge in [0.25, 0.3) is 0 Å². The van der Waals surface area contributed by atoms with Gasteiger partial charge in [-0.25, -0.2) is 8.42 Å². The van der Waals surface area contributed by atoms with Crippen molar-refractivity contribution in [2.75, 3.05) is 12.4 Å². The van der Waals surface area contributed by atoms with Crippen molar-refractivity contribution >= 4 is 21.6 Å². The molecule has 0 spiro atoms. The van der Waals surface area contributed by atoms with Gasteiger partial charge in [0, 0.05) is 5.69 Å². The van der Waals surface area contributed by atoms with E-state index in [4.69, 9.17) is 4.74 Å². The van der Waals surface area contributed by atoms with Gasteiger partial charge in [-0.05, 0) is 49.7 Å². The van der Waals surface area contributed by atoms with Gasteiger partial charge in [-0.15, -0.1) is 0 Å². The SMILES string of the molecule is COc1ccc(S(=O)(=O)NC(C)C(=O)Nc2ccccc2C)cc1. The molecule has 0 saturated carbocycles. The van der Waals surface area contributed by atoms with Gasteiger partial charge in [-0.1, -0.05) is 18.2 Å². The summed E-state index contributed by atoms with van der Waals surface area (Å²) in [7, 11) is -2.30. The van der Waals surface area contributed by atoms with Crippen molar-refractivity contribution in [1.29, 1.82) is 0 Å². The quantitative estimate of drug-likeness (QED) is 0.839. The minimum absolute atomic E-state index is 0.0684. The number of carbonyl (C=O) groups is 1. The fourth-order valence-electron chi connectivity index (χ4n) is 2.06. The lowest BCUT2D eigenvalue weighted by atomic mass is 10.2. The standard InChI is InChI=1S/C17H20N2O4S/c1-12-6-4-5-7-16(12)18-17(20)13(2)19-24(21,22)15-10-8-14(23-3)9-11-15/h4-11,13,19H,1-3H3,(H,18,20). The number of carbonyl (C=O) groups excluding carboxylic acids is 1. The Hall–Kier alpha value is -2.38. The van der Waals surface area contributed by atoms with Gasteiger partial charge in [0.05, 0.1) is 18.0 Å². The molecule has 0 aliphatic rings. The summed E-state index contributed by atoms with van der Waals surface area (Å²) >= 11 is 0. The molecule has 1 amide bonds. The summed E-state index contributed by atoms with van der Waals surface area (Å²) in [6.45, 7) is 3.36. The zero-order valence-electron chi connectivity index (χ0n) is 13.7. The van der Waals surface area contributed by atoms with Crippen molar-refractivity contribution in [3.05, 3.63) is 54.1 Å². The lowest BCUT2D eigenvalue weighted by molar-refractivity contribution is -0.117. The number of anilines is 1. The van der Waals surface area contributed by atoms with E-state index in [1.165, 1.54) is 26.2 Å². The van der Waals surface area contributed by atoms with Crippen LogP contribution in [0.25, 0.3) is 0 Å². The van der Waals surface area contributed by atoms with Crippen LogP contribution in [0.15, 0.2) is 53.4 Å². The number of para-hydroxylation sites is 1. The van der Waals surface area contributed by atoms with E-state index >= 15 is 0 Å². The molecule has 7 heteroatoms. The summed E-state index contributed by atoms with van der Waals surface area (Å²) < 4.78 is 32.0. The number of ether oxygens (including phenoxy) is 1. The topological polar surface area (TPSA) is 84.5 Å². The molecule has 2 rings (SSSR count). The third-order valence-corrected chi connectivity index (χ3v) is 5.05. The molecule has 2 aromatic carbocycles. The molecule has 1 unspecified atom stereocenters. The van der Waals surface area contributed by atoms with Gasteiger partial charge in [0.1, 0.15) is 5.75 Å². The molecule has 0 aromatic heterocycles. The predicted octanol–water partition coefficient (Wildman–Crippen LogP) is 2.31. The maximum atomic E-state index is 12.3. The molecule has 0 aliphatic carbocycles. The molecule has 1 atom stereocenters. The van der Waals surface area contributed by atoms with Gasteiger partial charge in [0.15, 0.2) is 0 Å². The molecular formula is C17H20N2O4S. The van der Waals surface area contributed by atoms with Crippen LogP contribution in [0.1, 0.15) is 12.5 Å². The summed E-state index contributed by atoms with van der Waals surface area (Å²) in [5, 5.41) is 2.72. The number of aryl methyl sites for hydroxylation is 1. The van der Waals surface area contributed by atoms with Crippen molar-refractivity contribution in [2.45, 2.75) is 24.8 Å². The van der Waals surface area contributed by atoms with Gasteiger partial charge < -0.3 is 10.1 Å². The Morgan fingerprint density at radius 1 is 1.08 bits per heavy atom. The molecule has 0 aliphatic heterocycles. The van der Waals surface area contributed by atoms with E-state index in [1.807, 2.05) is 19.1 Å². The first kappa shape index (κ1) is 18.0. The molecular weight excluding hydrogens is 328 g/mol. The van der Waals surface area contributed by atoms with Crippen LogP contribution in [-0.4, -0.2) is 27.5 Å². The first-order valence-corrected chi connectivity index (χ1v) is 8.84. The number of amides is 1. The summed E-state index contributed by atoms with van der Waals surface area (Å²) in [4.78, 5) is 12.3. The third-order valence-electron chi connectivity index (χ3n) is 3.50. The molecule has 0 heterocycles. The second kappa shape index (κ2) is 7.46. The van der Waals surface area contributed by atoms with Crippen LogP contribution >= 0.6 is 0 Å². The Bertz CT molecular complexity index is 817. The Morgan fingerprint density at radius 3 is 2.29 bits per heavy atom. The minimum Gasteiger partial charge on any atom is -0.497 e. The summed E-state index contributed by atoms with van der Waals surface area (Å²) in [6.07, 6.45) is 0. The van der Waals surface area contributed by atoms with E-state index in [0.717, 1.165) is 5.56 Å². The molecule has 0 fully saturated rings. The molecule has 128 valence electrons. The van der Waals surface area contributed by atoms with Crippen LogP contribution in [0.4, 0.5) is 5.69 Å². The first-order chi connectivity index (χ1) is 11.3. The highest BCUT2D eigenvalue weighted by Gasteiger charge is 2.22. The van der Waals surface area contributed by atoms with Gasteiger partial charge in [-0.3, -0.25) is 4.79 Å². The number of nitrogens with one attached hydrogen (secondary N) is 2. The van der Waals surface area contributed by atoms with E-state index < -0.39 is 22.0 Å². The average Bonchev–Trinajstić information content (AvgIpc) is 2.56. The normalized spacial score (nSPS) is 12.5. The fraction of sp³-hybridized carbons (Fsp3) is 0.235. The average molecular weight is 348 g/mol. The number of hydrogen-bond donors (Lipinski definition) is 2. The lowest BCUT2D eigenvalue weighted by Crippen LogP contribution is -2.41. The van der Waals surface area contributed by atoms with Gasteiger partial charge >= 0.3 is 0 Å². The molecule has 0 bridgehead atoms. The number of sulfonamides is 1. The molecule has 0 radical (unpaired) electrons. The largest absolute Gasteiger partial charge is 0.497 e. The Balaban J connectivity index is 2.08. The van der Waals surface area contributed by atoms with Crippen molar-refractivity contribution in [2.24, 2.45) is 0 Å². The third kappa shape index (κ3) is 4.33. The fourth-order valence-corrected chi connectivity index (χ4v) is 3.27. The first-order valence-electron chi connectivity index (χ1n) is 7.36. The van der Waals surface area contributed by atoms with Gasteiger partial charge in [0.2, 0.25) is 15.9 Å². The van der Waals surface area contributed by atoms with Crippen LogP contribution < -0.4 is 14.8 Å². The van der Waals surface area contributed by atoms with Crippen LogP contribution in [0.2, 0.25) is 0 Å². The second-order valence-electron chi connectivity index (χ2n) is 5.32. The number of methoxy groups -OCH3 is 1. The Morgan fingerprint density at radius 2 is 1.71 bits per heavy atom. The van der Waals surface area contributed by atoms with Crippen LogP contribution in [0.5, 0.6) is 5.75 Å². The molecule has 6 nitrogen and oxygen atoms in total. The molecule has 2 aromatic rings. The zero-order chi connectivity index (χ0) is 17.7. The van der Waals surface area contributed by atoms with Crippen molar-refractivity contribution in [1.82, 2.24) is 4.72 Å². The van der Waals surface area contributed by atoms with Crippen LogP contribution in [-0.2, 0) is 14.8 Å². The van der Waals surface area contributed by atoms with Crippen molar-refractivity contribution in [3.8, 4) is 5.75 Å². The highest BCUT2D eigenvalue weighted by Crippen LogP contribution is 2.16. The maximum absolute atomic E-state index is 12.3. The van der Waals surface area contributed by atoms with Crippen LogP contribution in [0.3, 0.4) is 0 Å². The zero-order valence-corrected chi connectivity index (χ0v) is 14.6. The highest BCUT2D eigenvalue weighted by atomic mass is 32.2. The highest BCUT2D eigenvalue weighted by molar-refractivity contribution is 7.89. The maximum Gasteiger partial charge on any atom is 0.242 e. The summed E-state index contributed by atoms with van der Waals surface area (Å²) in [5.74, 6) is 0.126. The minimum atomic E-state index is -3.80. The Labute approximate surface area is 141 Å². The van der Waals surface area contributed by atoms with Crippen LogP contribution in [0, 0.1) is 6.92 Å². The van der Waals surface area contributed by atoms with E-state index in [1.54, 1.807) is 24.3 Å². The lowest BCUT2D eigenvalue weighted by Gasteiger charge is -2.15. The summed E-state index contributed by atoms with van der Waals surface area (Å²) in [6, 6.07) is 12.3. The monoisotopic (exact) mass is 348 g/mol. The number of rotatable bonds is 6. The molecule has 0 saturated heterocycles. The van der Waals surface area contributed by atoms with E-state index in [0.29, 0.717) is 11.4 Å². The Kier molecular flexibility index (Phi) is 5.58. The van der Waals surface area contributed by atoms with E-state index in [2.05, 4.69) is 10.0 Å². The number of hydrogen-bond acceptors (Lipinski definition) is 4.